The molecule has 0 heterocycles. The number of anilines is 2. The molecule has 156 valence electrons. The zero-order valence-electron chi connectivity index (χ0n) is 17.9. The first-order valence-corrected chi connectivity index (χ1v) is 11.1. The van der Waals surface area contributed by atoms with Crippen LogP contribution in [0.3, 0.4) is 0 Å². The molecule has 6 heteroatoms. The van der Waals surface area contributed by atoms with E-state index in [2.05, 4.69) is 5.32 Å². The zero-order chi connectivity index (χ0) is 22.1. The number of hydrogen-bond donors (Lipinski definition) is 1. The molecule has 3 aromatic carbocycles. The predicted molar refractivity (Wildman–Crippen MR) is 122 cm³/mol. The summed E-state index contributed by atoms with van der Waals surface area (Å²) in [6.07, 6.45) is 0. The topological polar surface area (TPSA) is 66.5 Å². The van der Waals surface area contributed by atoms with Crippen LogP contribution in [0.4, 0.5) is 11.4 Å². The fraction of sp³-hybridized carbons (Fsp3) is 0.208. The predicted octanol–water partition coefficient (Wildman–Crippen LogP) is 5.00. The van der Waals surface area contributed by atoms with Crippen LogP contribution in [-0.2, 0) is 10.0 Å². The number of rotatable bonds is 5. The molecule has 0 aliphatic rings. The van der Waals surface area contributed by atoms with Gasteiger partial charge in [0.25, 0.3) is 15.9 Å². The molecule has 0 saturated carbocycles. The van der Waals surface area contributed by atoms with Crippen molar-refractivity contribution in [3.8, 4) is 0 Å². The number of aryl methyl sites for hydroxylation is 4. The Morgan fingerprint density at radius 3 is 1.97 bits per heavy atom. The lowest BCUT2D eigenvalue weighted by molar-refractivity contribution is 0.102. The molecule has 3 rings (SSSR count). The third kappa shape index (κ3) is 4.54. The molecule has 3 aromatic rings. The maximum atomic E-state index is 13.0. The van der Waals surface area contributed by atoms with E-state index < -0.39 is 10.0 Å². The van der Waals surface area contributed by atoms with E-state index in [4.69, 9.17) is 0 Å². The summed E-state index contributed by atoms with van der Waals surface area (Å²) in [6.45, 7) is 7.66. The van der Waals surface area contributed by atoms with E-state index in [1.807, 2.05) is 39.0 Å². The maximum absolute atomic E-state index is 13.0. The van der Waals surface area contributed by atoms with E-state index in [0.717, 1.165) is 22.4 Å². The third-order valence-corrected chi connectivity index (χ3v) is 6.74. The van der Waals surface area contributed by atoms with Gasteiger partial charge in [-0.2, -0.15) is 0 Å². The fourth-order valence-electron chi connectivity index (χ4n) is 3.40. The summed E-state index contributed by atoms with van der Waals surface area (Å²) < 4.78 is 27.2. The maximum Gasteiger partial charge on any atom is 0.264 e. The van der Waals surface area contributed by atoms with Gasteiger partial charge in [-0.05, 0) is 86.8 Å². The molecule has 0 spiro atoms. The molecule has 0 aliphatic carbocycles. The number of nitrogens with one attached hydrogen (secondary N) is 1. The minimum Gasteiger partial charge on any atom is -0.322 e. The number of carbonyl (C=O) groups is 1. The summed E-state index contributed by atoms with van der Waals surface area (Å²) in [5.41, 5.74) is 5.56. The average Bonchev–Trinajstić information content (AvgIpc) is 2.67. The Bertz CT molecular complexity index is 1180. The van der Waals surface area contributed by atoms with Gasteiger partial charge in [-0.25, -0.2) is 8.42 Å². The lowest BCUT2D eigenvalue weighted by Gasteiger charge is -2.22. The van der Waals surface area contributed by atoms with Crippen molar-refractivity contribution in [2.45, 2.75) is 32.6 Å². The van der Waals surface area contributed by atoms with E-state index in [1.165, 1.54) is 11.4 Å². The average molecular weight is 423 g/mol. The summed E-state index contributed by atoms with van der Waals surface area (Å²) in [7, 11) is -2.17. The molecular formula is C24H26N2O3S. The van der Waals surface area contributed by atoms with Gasteiger partial charge in [0, 0.05) is 18.3 Å². The second-order valence-corrected chi connectivity index (χ2v) is 9.59. The van der Waals surface area contributed by atoms with Crippen molar-refractivity contribution < 1.29 is 13.2 Å². The quantitative estimate of drug-likeness (QED) is 0.629. The van der Waals surface area contributed by atoms with Crippen molar-refractivity contribution in [2.75, 3.05) is 16.7 Å². The Labute approximate surface area is 178 Å². The number of sulfonamides is 1. The SMILES string of the molecule is Cc1ccc(S(=O)(=O)N(C)c2ccc(C(=O)Nc3cc(C)cc(C)c3)cc2C)cc1. The van der Waals surface area contributed by atoms with E-state index >= 15 is 0 Å². The third-order valence-electron chi connectivity index (χ3n) is 4.96. The molecule has 0 radical (unpaired) electrons. The Kier molecular flexibility index (Phi) is 5.99. The highest BCUT2D eigenvalue weighted by atomic mass is 32.2. The number of carbonyl (C=O) groups excluding carboxylic acids is 1. The Hall–Kier alpha value is -3.12. The van der Waals surface area contributed by atoms with Gasteiger partial charge in [0.15, 0.2) is 0 Å². The molecule has 0 fully saturated rings. The molecule has 1 N–H and O–H groups in total. The van der Waals surface area contributed by atoms with Crippen LogP contribution >= 0.6 is 0 Å². The first-order valence-electron chi connectivity index (χ1n) is 9.64. The normalized spacial score (nSPS) is 11.2. The summed E-state index contributed by atoms with van der Waals surface area (Å²) in [6, 6.07) is 17.6. The largest absolute Gasteiger partial charge is 0.322 e. The monoisotopic (exact) mass is 422 g/mol. The molecule has 0 atom stereocenters. The smallest absolute Gasteiger partial charge is 0.264 e. The zero-order valence-corrected chi connectivity index (χ0v) is 18.7. The van der Waals surface area contributed by atoms with Gasteiger partial charge in [-0.15, -0.1) is 0 Å². The van der Waals surface area contributed by atoms with Crippen LogP contribution in [0.1, 0.15) is 32.6 Å². The number of nitrogens with zero attached hydrogens (tertiary/aromatic N) is 1. The first-order chi connectivity index (χ1) is 14.1. The summed E-state index contributed by atoms with van der Waals surface area (Å²) in [5.74, 6) is -0.237. The van der Waals surface area contributed by atoms with Crippen LogP contribution in [0, 0.1) is 27.7 Å². The van der Waals surface area contributed by atoms with Crippen molar-refractivity contribution in [3.63, 3.8) is 0 Å². The number of benzene rings is 3. The van der Waals surface area contributed by atoms with E-state index in [0.29, 0.717) is 16.8 Å². The van der Waals surface area contributed by atoms with Crippen molar-refractivity contribution >= 4 is 27.3 Å². The molecular weight excluding hydrogens is 396 g/mol. The van der Waals surface area contributed by atoms with Crippen LogP contribution < -0.4 is 9.62 Å². The van der Waals surface area contributed by atoms with E-state index in [9.17, 15) is 13.2 Å². The van der Waals surface area contributed by atoms with Gasteiger partial charge < -0.3 is 5.32 Å². The molecule has 5 nitrogen and oxygen atoms in total. The summed E-state index contributed by atoms with van der Waals surface area (Å²) >= 11 is 0. The van der Waals surface area contributed by atoms with Crippen molar-refractivity contribution in [3.05, 3.63) is 88.5 Å². The fourth-order valence-corrected chi connectivity index (χ4v) is 4.66. The highest BCUT2D eigenvalue weighted by Gasteiger charge is 2.23. The summed E-state index contributed by atoms with van der Waals surface area (Å²) in [4.78, 5) is 12.9. The van der Waals surface area contributed by atoms with Crippen molar-refractivity contribution in [2.24, 2.45) is 0 Å². The van der Waals surface area contributed by atoms with Crippen LogP contribution in [-0.4, -0.2) is 21.4 Å². The molecule has 30 heavy (non-hydrogen) atoms. The van der Waals surface area contributed by atoms with Gasteiger partial charge in [0.1, 0.15) is 0 Å². The minimum absolute atomic E-state index is 0.228. The molecule has 0 saturated heterocycles. The standard InChI is InChI=1S/C24H26N2O3S/c1-16-6-9-22(10-7-16)30(28,29)26(5)23-11-8-20(15-19(23)4)24(27)25-21-13-17(2)12-18(3)14-21/h6-15H,1-5H3,(H,25,27). The van der Waals surface area contributed by atoms with Gasteiger partial charge in [-0.3, -0.25) is 9.10 Å². The van der Waals surface area contributed by atoms with Gasteiger partial charge in [-0.1, -0.05) is 23.8 Å². The molecule has 0 aliphatic heterocycles. The van der Waals surface area contributed by atoms with Crippen LogP contribution in [0.5, 0.6) is 0 Å². The molecule has 0 bridgehead atoms. The summed E-state index contributed by atoms with van der Waals surface area (Å²) in [5, 5.41) is 2.91. The lowest BCUT2D eigenvalue weighted by atomic mass is 10.1. The second-order valence-electron chi connectivity index (χ2n) is 7.62. The molecule has 0 aromatic heterocycles. The van der Waals surface area contributed by atoms with Gasteiger partial charge >= 0.3 is 0 Å². The van der Waals surface area contributed by atoms with Crippen LogP contribution in [0.25, 0.3) is 0 Å². The molecule has 1 amide bonds. The van der Waals surface area contributed by atoms with E-state index in [-0.39, 0.29) is 10.8 Å². The Morgan fingerprint density at radius 1 is 0.800 bits per heavy atom. The molecule has 0 unspecified atom stereocenters. The Balaban J connectivity index is 1.85. The second kappa shape index (κ2) is 8.32. The van der Waals surface area contributed by atoms with E-state index in [1.54, 1.807) is 49.4 Å². The van der Waals surface area contributed by atoms with Crippen molar-refractivity contribution in [1.82, 2.24) is 0 Å². The number of hydrogen-bond acceptors (Lipinski definition) is 3. The van der Waals surface area contributed by atoms with Crippen LogP contribution in [0.2, 0.25) is 0 Å². The highest BCUT2D eigenvalue weighted by Crippen LogP contribution is 2.27. The first kappa shape index (κ1) is 21.6. The van der Waals surface area contributed by atoms with Crippen LogP contribution in [0.15, 0.2) is 65.6 Å². The van der Waals surface area contributed by atoms with Gasteiger partial charge in [0.05, 0.1) is 10.6 Å². The Morgan fingerprint density at radius 2 is 1.40 bits per heavy atom. The van der Waals surface area contributed by atoms with Gasteiger partial charge in [0.2, 0.25) is 0 Å². The highest BCUT2D eigenvalue weighted by molar-refractivity contribution is 7.92. The minimum atomic E-state index is -3.69. The van der Waals surface area contributed by atoms with Crippen molar-refractivity contribution in [1.29, 1.82) is 0 Å². The number of amides is 1. The lowest BCUT2D eigenvalue weighted by Crippen LogP contribution is -2.27.